The third kappa shape index (κ3) is 2.60. The lowest BCUT2D eigenvalue weighted by molar-refractivity contribution is -0.140. The van der Waals surface area contributed by atoms with Gasteiger partial charge >= 0.3 is 5.97 Å². The normalized spacial score (nSPS) is 11.7. The zero-order valence-electron chi connectivity index (χ0n) is 10.7. The SMILES string of the molecule is COC(=O)CCS(=O)(=O)c1cccc2c1cnn2C. The number of methoxy groups -OCH3 is 1. The molecule has 102 valence electrons. The van der Waals surface area contributed by atoms with Gasteiger partial charge in [0.25, 0.3) is 0 Å². The number of esters is 1. The van der Waals surface area contributed by atoms with E-state index in [1.54, 1.807) is 23.9 Å². The maximum atomic E-state index is 12.2. The van der Waals surface area contributed by atoms with Crippen LogP contribution in [0.1, 0.15) is 6.42 Å². The van der Waals surface area contributed by atoms with E-state index in [1.807, 2.05) is 0 Å². The van der Waals surface area contributed by atoms with E-state index < -0.39 is 15.8 Å². The van der Waals surface area contributed by atoms with E-state index in [0.29, 0.717) is 5.39 Å². The summed E-state index contributed by atoms with van der Waals surface area (Å²) in [4.78, 5) is 11.3. The van der Waals surface area contributed by atoms with Crippen molar-refractivity contribution in [2.24, 2.45) is 7.05 Å². The number of aromatic nitrogens is 2. The van der Waals surface area contributed by atoms with E-state index in [1.165, 1.54) is 19.4 Å². The summed E-state index contributed by atoms with van der Waals surface area (Å²) in [5.41, 5.74) is 0.735. The molecule has 1 aromatic heterocycles. The molecule has 1 heterocycles. The Hall–Kier alpha value is -1.89. The molecule has 0 aliphatic heterocycles. The van der Waals surface area contributed by atoms with Gasteiger partial charge in [-0.25, -0.2) is 8.42 Å². The summed E-state index contributed by atoms with van der Waals surface area (Å²) < 4.78 is 30.5. The highest BCUT2D eigenvalue weighted by Gasteiger charge is 2.20. The van der Waals surface area contributed by atoms with Crippen LogP contribution in [0.4, 0.5) is 0 Å². The van der Waals surface area contributed by atoms with Gasteiger partial charge in [-0.3, -0.25) is 9.48 Å². The molecular weight excluding hydrogens is 268 g/mol. The number of rotatable bonds is 4. The Kier molecular flexibility index (Phi) is 3.57. The Bertz CT molecular complexity index is 718. The summed E-state index contributed by atoms with van der Waals surface area (Å²) in [6, 6.07) is 4.98. The van der Waals surface area contributed by atoms with Gasteiger partial charge in [-0.15, -0.1) is 0 Å². The van der Waals surface area contributed by atoms with Gasteiger partial charge in [0.1, 0.15) is 0 Å². The Morgan fingerprint density at radius 1 is 1.42 bits per heavy atom. The molecule has 7 heteroatoms. The largest absolute Gasteiger partial charge is 0.469 e. The molecule has 0 fully saturated rings. The first kappa shape index (κ1) is 13.5. The van der Waals surface area contributed by atoms with Crippen LogP contribution in [-0.4, -0.2) is 37.0 Å². The predicted molar refractivity (Wildman–Crippen MR) is 69.4 cm³/mol. The lowest BCUT2D eigenvalue weighted by Crippen LogP contribution is -2.12. The lowest BCUT2D eigenvalue weighted by atomic mass is 10.2. The molecule has 0 spiro atoms. The molecule has 6 nitrogen and oxygen atoms in total. The highest BCUT2D eigenvalue weighted by Crippen LogP contribution is 2.23. The standard InChI is InChI=1S/C12H14N2O4S/c1-14-10-4-3-5-11(9(10)8-13-14)19(16,17)7-6-12(15)18-2/h3-5,8H,6-7H2,1-2H3. The van der Waals surface area contributed by atoms with E-state index in [2.05, 4.69) is 9.84 Å². The fourth-order valence-corrected chi connectivity index (χ4v) is 3.29. The summed E-state index contributed by atoms with van der Waals surface area (Å²) in [5, 5.41) is 4.61. The zero-order valence-corrected chi connectivity index (χ0v) is 11.5. The molecule has 0 unspecified atom stereocenters. The van der Waals surface area contributed by atoms with E-state index in [-0.39, 0.29) is 17.1 Å². The van der Waals surface area contributed by atoms with Crippen LogP contribution in [0.15, 0.2) is 29.3 Å². The lowest BCUT2D eigenvalue weighted by Gasteiger charge is -2.05. The molecule has 0 aliphatic rings. The third-order valence-corrected chi connectivity index (χ3v) is 4.66. The number of aryl methyl sites for hydroxylation is 1. The van der Waals surface area contributed by atoms with Crippen molar-refractivity contribution in [1.29, 1.82) is 0 Å². The van der Waals surface area contributed by atoms with Crippen LogP contribution >= 0.6 is 0 Å². The summed E-state index contributed by atoms with van der Waals surface area (Å²) >= 11 is 0. The molecule has 0 bridgehead atoms. The molecule has 1 aromatic carbocycles. The van der Waals surface area contributed by atoms with Crippen molar-refractivity contribution in [1.82, 2.24) is 9.78 Å². The number of hydrogen-bond acceptors (Lipinski definition) is 5. The van der Waals surface area contributed by atoms with Gasteiger partial charge in [-0.2, -0.15) is 5.10 Å². The Morgan fingerprint density at radius 3 is 2.84 bits per heavy atom. The maximum absolute atomic E-state index is 12.2. The first-order valence-electron chi connectivity index (χ1n) is 5.66. The van der Waals surface area contributed by atoms with Crippen molar-refractivity contribution < 1.29 is 17.9 Å². The second-order valence-electron chi connectivity index (χ2n) is 4.10. The maximum Gasteiger partial charge on any atom is 0.306 e. The Balaban J connectivity index is 2.40. The minimum absolute atomic E-state index is 0.157. The molecule has 0 amide bonds. The third-order valence-electron chi connectivity index (χ3n) is 2.89. The van der Waals surface area contributed by atoms with E-state index in [9.17, 15) is 13.2 Å². The second kappa shape index (κ2) is 5.00. The van der Waals surface area contributed by atoms with E-state index >= 15 is 0 Å². The van der Waals surface area contributed by atoms with Crippen molar-refractivity contribution in [3.05, 3.63) is 24.4 Å². The number of benzene rings is 1. The van der Waals surface area contributed by atoms with Gasteiger partial charge in [-0.1, -0.05) is 6.07 Å². The number of nitrogens with zero attached hydrogens (tertiary/aromatic N) is 2. The van der Waals surface area contributed by atoms with Crippen molar-refractivity contribution >= 4 is 26.7 Å². The minimum atomic E-state index is -3.53. The van der Waals surface area contributed by atoms with Gasteiger partial charge in [0.05, 0.1) is 35.9 Å². The van der Waals surface area contributed by atoms with Crippen LogP contribution in [-0.2, 0) is 26.4 Å². The number of hydrogen-bond donors (Lipinski definition) is 0. The molecular formula is C12H14N2O4S. The zero-order chi connectivity index (χ0) is 14.0. The average Bonchev–Trinajstić information content (AvgIpc) is 2.78. The fraction of sp³-hybridized carbons (Fsp3) is 0.333. The van der Waals surface area contributed by atoms with Gasteiger partial charge in [-0.05, 0) is 12.1 Å². The molecule has 2 aromatic rings. The van der Waals surface area contributed by atoms with Crippen molar-refractivity contribution in [3.8, 4) is 0 Å². The van der Waals surface area contributed by atoms with Crippen LogP contribution in [0.5, 0.6) is 0 Å². The molecule has 2 rings (SSSR count). The number of fused-ring (bicyclic) bond motifs is 1. The van der Waals surface area contributed by atoms with E-state index in [4.69, 9.17) is 0 Å². The molecule has 0 N–H and O–H groups in total. The molecule has 19 heavy (non-hydrogen) atoms. The summed E-state index contributed by atoms with van der Waals surface area (Å²) in [6.07, 6.45) is 1.36. The molecule has 0 saturated carbocycles. The summed E-state index contributed by atoms with van der Waals surface area (Å²) in [6.45, 7) is 0. The van der Waals surface area contributed by atoms with Crippen molar-refractivity contribution in [2.45, 2.75) is 11.3 Å². The van der Waals surface area contributed by atoms with Crippen molar-refractivity contribution in [2.75, 3.05) is 12.9 Å². The highest BCUT2D eigenvalue weighted by atomic mass is 32.2. The van der Waals surface area contributed by atoms with Gasteiger partial charge < -0.3 is 4.74 Å². The first-order chi connectivity index (χ1) is 8.95. The monoisotopic (exact) mass is 282 g/mol. The molecule has 0 radical (unpaired) electrons. The molecule has 0 atom stereocenters. The number of ether oxygens (including phenoxy) is 1. The van der Waals surface area contributed by atoms with Gasteiger partial charge in [0.2, 0.25) is 0 Å². The fourth-order valence-electron chi connectivity index (χ4n) is 1.85. The first-order valence-corrected chi connectivity index (χ1v) is 7.31. The number of carbonyl (C=O) groups is 1. The van der Waals surface area contributed by atoms with E-state index in [0.717, 1.165) is 5.52 Å². The molecule has 0 aliphatic carbocycles. The topological polar surface area (TPSA) is 78.3 Å². The number of sulfone groups is 1. The minimum Gasteiger partial charge on any atom is -0.469 e. The van der Waals surface area contributed by atoms with Crippen LogP contribution in [0.2, 0.25) is 0 Å². The summed E-state index contributed by atoms with van der Waals surface area (Å²) in [5.74, 6) is -0.810. The van der Waals surface area contributed by atoms with Crippen LogP contribution < -0.4 is 0 Å². The summed E-state index contributed by atoms with van der Waals surface area (Å²) in [7, 11) is -0.557. The highest BCUT2D eigenvalue weighted by molar-refractivity contribution is 7.91. The van der Waals surface area contributed by atoms with Crippen LogP contribution in [0.3, 0.4) is 0 Å². The van der Waals surface area contributed by atoms with Gasteiger partial charge in [0, 0.05) is 12.4 Å². The van der Waals surface area contributed by atoms with Gasteiger partial charge in [0.15, 0.2) is 9.84 Å². The second-order valence-corrected chi connectivity index (χ2v) is 6.18. The molecule has 0 saturated heterocycles. The van der Waals surface area contributed by atoms with Crippen LogP contribution in [0, 0.1) is 0 Å². The predicted octanol–water partition coefficient (Wildman–Crippen LogP) is 0.910. The van der Waals surface area contributed by atoms with Crippen molar-refractivity contribution in [3.63, 3.8) is 0 Å². The van der Waals surface area contributed by atoms with Crippen LogP contribution in [0.25, 0.3) is 10.9 Å². The quantitative estimate of drug-likeness (QED) is 0.779. The number of carbonyl (C=O) groups excluding carboxylic acids is 1. The Morgan fingerprint density at radius 2 is 2.16 bits per heavy atom. The Labute approximate surface area is 110 Å². The smallest absolute Gasteiger partial charge is 0.306 e. The average molecular weight is 282 g/mol.